The van der Waals surface area contributed by atoms with Gasteiger partial charge in [0.2, 0.25) is 0 Å². The van der Waals surface area contributed by atoms with Crippen molar-refractivity contribution >= 4 is 23.9 Å². The standard InChI is InChI=1S/C9H12O8.2H2/c10-6(11)2-4(8(14)15)1-5(9(16)17)3-7(12)13;;/h4-5H,1-3H2,(H,10,11)(H,12,13)(H,14,15)(H,16,17);2*1H. The third-order valence-corrected chi connectivity index (χ3v) is 2.11. The van der Waals surface area contributed by atoms with Crippen LogP contribution in [0.25, 0.3) is 0 Å². The molecule has 2 atom stereocenters. The van der Waals surface area contributed by atoms with E-state index in [-0.39, 0.29) is 2.85 Å². The fourth-order valence-electron chi connectivity index (χ4n) is 1.31. The van der Waals surface area contributed by atoms with Gasteiger partial charge in [0, 0.05) is 2.85 Å². The number of hydrogen-bond donors (Lipinski definition) is 4. The highest BCUT2D eigenvalue weighted by Gasteiger charge is 2.30. The lowest BCUT2D eigenvalue weighted by molar-refractivity contribution is -0.153. The molecule has 8 nitrogen and oxygen atoms in total. The van der Waals surface area contributed by atoms with Gasteiger partial charge in [-0.2, -0.15) is 0 Å². The smallest absolute Gasteiger partial charge is 0.307 e. The van der Waals surface area contributed by atoms with Gasteiger partial charge in [-0.1, -0.05) is 0 Å². The molecule has 0 saturated heterocycles. The molecule has 0 amide bonds. The Labute approximate surface area is 98.5 Å². The van der Waals surface area contributed by atoms with Crippen molar-refractivity contribution in [3.05, 3.63) is 0 Å². The van der Waals surface area contributed by atoms with Gasteiger partial charge in [-0.15, -0.1) is 0 Å². The van der Waals surface area contributed by atoms with Gasteiger partial charge in [0.1, 0.15) is 0 Å². The normalized spacial score (nSPS) is 13.6. The maximum Gasteiger partial charge on any atom is 0.307 e. The van der Waals surface area contributed by atoms with Crippen LogP contribution in [0.3, 0.4) is 0 Å². The molecule has 0 spiro atoms. The summed E-state index contributed by atoms with van der Waals surface area (Å²) in [6.45, 7) is 0. The van der Waals surface area contributed by atoms with Crippen LogP contribution in [-0.4, -0.2) is 44.3 Å². The average molecular weight is 252 g/mol. The highest BCUT2D eigenvalue weighted by molar-refractivity contribution is 5.81. The predicted octanol–water partition coefficient (Wildman–Crippen LogP) is 0.220. The Morgan fingerprint density at radius 2 is 1.06 bits per heavy atom. The zero-order valence-corrected chi connectivity index (χ0v) is 8.70. The third kappa shape index (κ3) is 6.13. The number of carboxylic acids is 4. The van der Waals surface area contributed by atoms with Crippen LogP contribution in [0.5, 0.6) is 0 Å². The second-order valence-corrected chi connectivity index (χ2v) is 3.50. The van der Waals surface area contributed by atoms with Gasteiger partial charge in [-0.25, -0.2) is 0 Å². The van der Waals surface area contributed by atoms with E-state index in [4.69, 9.17) is 20.4 Å². The molecule has 0 saturated carbocycles. The SMILES string of the molecule is O=C(O)CC(CC(CC(=O)O)C(=O)O)C(=O)O.[HH].[HH]. The predicted molar refractivity (Wildman–Crippen MR) is 55.6 cm³/mol. The maximum atomic E-state index is 10.7. The van der Waals surface area contributed by atoms with Crippen molar-refractivity contribution in [2.24, 2.45) is 11.8 Å². The molecule has 4 N–H and O–H groups in total. The van der Waals surface area contributed by atoms with E-state index < -0.39 is 55.0 Å². The van der Waals surface area contributed by atoms with Crippen LogP contribution < -0.4 is 0 Å². The topological polar surface area (TPSA) is 149 Å². The molecule has 0 fully saturated rings. The van der Waals surface area contributed by atoms with Crippen LogP contribution in [-0.2, 0) is 19.2 Å². The summed E-state index contributed by atoms with van der Waals surface area (Å²) < 4.78 is 0. The van der Waals surface area contributed by atoms with Crippen LogP contribution in [0.15, 0.2) is 0 Å². The zero-order chi connectivity index (χ0) is 13.6. The van der Waals surface area contributed by atoms with Crippen molar-refractivity contribution in [3.8, 4) is 0 Å². The van der Waals surface area contributed by atoms with Crippen molar-refractivity contribution in [1.29, 1.82) is 0 Å². The molecule has 0 aliphatic heterocycles. The highest BCUT2D eigenvalue weighted by atomic mass is 16.4. The van der Waals surface area contributed by atoms with Crippen LogP contribution in [0.2, 0.25) is 0 Å². The van der Waals surface area contributed by atoms with Gasteiger partial charge in [-0.05, 0) is 6.42 Å². The fraction of sp³-hybridized carbons (Fsp3) is 0.556. The fourth-order valence-corrected chi connectivity index (χ4v) is 1.31. The van der Waals surface area contributed by atoms with Crippen LogP contribution in [0.4, 0.5) is 0 Å². The second-order valence-electron chi connectivity index (χ2n) is 3.50. The number of rotatable bonds is 8. The molecule has 100 valence electrons. The summed E-state index contributed by atoms with van der Waals surface area (Å²) >= 11 is 0. The first-order chi connectivity index (χ1) is 7.73. The minimum absolute atomic E-state index is 0. The Morgan fingerprint density at radius 3 is 1.24 bits per heavy atom. The molecular weight excluding hydrogens is 236 g/mol. The molecule has 0 aromatic heterocycles. The summed E-state index contributed by atoms with van der Waals surface area (Å²) in [6, 6.07) is 0. The molecule has 0 bridgehead atoms. The molecule has 0 aliphatic rings. The van der Waals surface area contributed by atoms with Crippen molar-refractivity contribution in [3.63, 3.8) is 0 Å². The Kier molecular flexibility index (Phi) is 5.65. The van der Waals surface area contributed by atoms with E-state index in [9.17, 15) is 19.2 Å². The third-order valence-electron chi connectivity index (χ3n) is 2.11. The first-order valence-corrected chi connectivity index (χ1v) is 4.63. The van der Waals surface area contributed by atoms with Crippen LogP contribution >= 0.6 is 0 Å². The molecule has 0 radical (unpaired) electrons. The molecule has 17 heavy (non-hydrogen) atoms. The number of aliphatic carboxylic acids is 4. The minimum atomic E-state index is -1.45. The number of carboxylic acid groups (broad SMARTS) is 4. The van der Waals surface area contributed by atoms with E-state index in [0.717, 1.165) is 0 Å². The molecule has 0 aliphatic carbocycles. The number of carbonyl (C=O) groups is 4. The lowest BCUT2D eigenvalue weighted by atomic mass is 9.90. The summed E-state index contributed by atoms with van der Waals surface area (Å²) in [5.41, 5.74) is 0. The zero-order valence-electron chi connectivity index (χ0n) is 8.70. The summed E-state index contributed by atoms with van der Waals surface area (Å²) in [7, 11) is 0. The Balaban J connectivity index is -0.00000128. The quantitative estimate of drug-likeness (QED) is 0.479. The van der Waals surface area contributed by atoms with Gasteiger partial charge in [0.25, 0.3) is 0 Å². The minimum Gasteiger partial charge on any atom is -0.481 e. The van der Waals surface area contributed by atoms with Crippen LogP contribution in [0.1, 0.15) is 22.1 Å². The van der Waals surface area contributed by atoms with Crippen LogP contribution in [0, 0.1) is 11.8 Å². The van der Waals surface area contributed by atoms with Gasteiger partial charge in [-0.3, -0.25) is 19.2 Å². The average Bonchev–Trinajstić information content (AvgIpc) is 2.13. The van der Waals surface area contributed by atoms with E-state index in [1.54, 1.807) is 0 Å². The highest BCUT2D eigenvalue weighted by Crippen LogP contribution is 2.19. The Morgan fingerprint density at radius 1 is 0.765 bits per heavy atom. The summed E-state index contributed by atoms with van der Waals surface area (Å²) in [5.74, 6) is -8.48. The van der Waals surface area contributed by atoms with Crippen molar-refractivity contribution in [2.45, 2.75) is 19.3 Å². The largest absolute Gasteiger partial charge is 0.481 e. The Bertz CT molecular complexity index is 311. The molecule has 2 unspecified atom stereocenters. The van der Waals surface area contributed by atoms with Crippen molar-refractivity contribution in [1.82, 2.24) is 0 Å². The monoisotopic (exact) mass is 252 g/mol. The van der Waals surface area contributed by atoms with E-state index in [2.05, 4.69) is 0 Å². The summed E-state index contributed by atoms with van der Waals surface area (Å²) in [5, 5.41) is 34.2. The first kappa shape index (κ1) is 14.9. The lowest BCUT2D eigenvalue weighted by Gasteiger charge is -2.14. The van der Waals surface area contributed by atoms with E-state index in [0.29, 0.717) is 0 Å². The van der Waals surface area contributed by atoms with Crippen molar-refractivity contribution in [2.75, 3.05) is 0 Å². The van der Waals surface area contributed by atoms with Gasteiger partial charge >= 0.3 is 23.9 Å². The van der Waals surface area contributed by atoms with Gasteiger partial charge < -0.3 is 20.4 Å². The molecule has 0 aromatic rings. The summed E-state index contributed by atoms with van der Waals surface area (Å²) in [4.78, 5) is 42.1. The first-order valence-electron chi connectivity index (χ1n) is 4.63. The summed E-state index contributed by atoms with van der Waals surface area (Å²) in [6.07, 6.45) is -2.00. The Hall–Kier alpha value is -2.12. The van der Waals surface area contributed by atoms with E-state index >= 15 is 0 Å². The van der Waals surface area contributed by atoms with Gasteiger partial charge in [0.15, 0.2) is 0 Å². The van der Waals surface area contributed by atoms with E-state index in [1.165, 1.54) is 0 Å². The lowest BCUT2D eigenvalue weighted by Crippen LogP contribution is -2.26. The molecule has 0 rings (SSSR count). The van der Waals surface area contributed by atoms with Crippen molar-refractivity contribution < 1.29 is 42.5 Å². The number of hydrogen-bond acceptors (Lipinski definition) is 4. The molecule has 0 aromatic carbocycles. The maximum absolute atomic E-state index is 10.7. The van der Waals surface area contributed by atoms with Gasteiger partial charge in [0.05, 0.1) is 24.7 Å². The second kappa shape index (κ2) is 6.46. The molecule has 0 heterocycles. The molecule has 8 heteroatoms. The van der Waals surface area contributed by atoms with E-state index in [1.807, 2.05) is 0 Å². The molecular formula is C9H16O8.